The van der Waals surface area contributed by atoms with Crippen LogP contribution in [0.15, 0.2) is 101 Å². The summed E-state index contributed by atoms with van der Waals surface area (Å²) in [5.41, 5.74) is 19.1. The van der Waals surface area contributed by atoms with Gasteiger partial charge in [-0.2, -0.15) is 0 Å². The molecule has 0 amide bonds. The van der Waals surface area contributed by atoms with Crippen LogP contribution >= 0.6 is 0 Å². The highest BCUT2D eigenvalue weighted by molar-refractivity contribution is 7.14. The van der Waals surface area contributed by atoms with E-state index >= 15 is 0 Å². The molecule has 1 atom stereocenters. The lowest BCUT2D eigenvalue weighted by Gasteiger charge is -2.29. The fraction of sp³-hybridized carbons (Fsp3) is 0. The minimum absolute atomic E-state index is 0.813. The summed E-state index contributed by atoms with van der Waals surface area (Å²) in [5, 5.41) is 5.45. The first-order chi connectivity index (χ1) is 13.2. The molecule has 0 aromatic heterocycles. The van der Waals surface area contributed by atoms with Crippen LogP contribution in [0.1, 0.15) is 0 Å². The monoisotopic (exact) mass is 362 g/mol. The molecule has 3 aromatic carbocycles. The van der Waals surface area contributed by atoms with Crippen LogP contribution in [0.5, 0.6) is 0 Å². The first-order valence-electron chi connectivity index (χ1n) is 9.20. The molecule has 3 heteroatoms. The second kappa shape index (κ2) is 4.90. The number of allylic oxidation sites excluding steroid dienone is 5. The molecule has 0 saturated heterocycles. The molecule has 3 aromatic rings. The molecule has 0 aliphatic carbocycles. The maximum absolute atomic E-state index is 6.41. The number of nitrogen functional groups attached to an aromatic ring is 1. The molecule has 7 aliphatic heterocycles. The third-order valence-electron chi connectivity index (χ3n) is 6.22. The second-order valence-corrected chi connectivity index (χ2v) is 11.3. The lowest BCUT2D eigenvalue weighted by atomic mass is 9.98. The van der Waals surface area contributed by atoms with Crippen molar-refractivity contribution in [2.24, 2.45) is 5.73 Å². The number of anilines is 1. The first kappa shape index (κ1) is 14.8. The average molecular weight is 363 g/mol. The Kier molecular flexibility index (Phi) is 2.69. The van der Waals surface area contributed by atoms with Crippen molar-refractivity contribution < 1.29 is 0 Å². The summed E-state index contributed by atoms with van der Waals surface area (Å²) in [6.45, 7) is 0. The molecule has 10 rings (SSSR count). The predicted octanol–water partition coefficient (Wildman–Crippen LogP) is 3.28. The number of fused-ring (bicyclic) bond motifs is 1. The van der Waals surface area contributed by atoms with Gasteiger partial charge in [0.15, 0.2) is 8.07 Å². The third-order valence-corrected chi connectivity index (χ3v) is 11.1. The van der Waals surface area contributed by atoms with Crippen LogP contribution in [0, 0.1) is 0 Å². The van der Waals surface area contributed by atoms with Gasteiger partial charge >= 0.3 is 0 Å². The Bertz CT molecular complexity index is 1210. The van der Waals surface area contributed by atoms with Crippen molar-refractivity contribution in [3.8, 4) is 22.3 Å². The van der Waals surface area contributed by atoms with Gasteiger partial charge in [-0.05, 0) is 49.6 Å². The molecule has 0 radical (unpaired) electrons. The maximum atomic E-state index is 6.41. The number of nitrogens with two attached hydrogens (primary N) is 2. The maximum Gasteiger partial charge on any atom is 0.181 e. The molecule has 2 nitrogen and oxygen atoms in total. The van der Waals surface area contributed by atoms with E-state index in [2.05, 4.69) is 85.0 Å². The summed E-state index contributed by atoms with van der Waals surface area (Å²) in [5.74, 6) is 0. The number of rotatable bonds is 0. The van der Waals surface area contributed by atoms with E-state index in [0.29, 0.717) is 0 Å². The summed E-state index contributed by atoms with van der Waals surface area (Å²) in [4.78, 5) is 0. The smallest absolute Gasteiger partial charge is 0.181 e. The van der Waals surface area contributed by atoms with E-state index in [9.17, 15) is 0 Å². The van der Waals surface area contributed by atoms with Crippen molar-refractivity contribution in [1.82, 2.24) is 0 Å². The zero-order chi connectivity index (χ0) is 18.2. The molecule has 128 valence electrons. The average Bonchev–Trinajstić information content (AvgIpc) is 3.21. The Morgan fingerprint density at radius 2 is 1.26 bits per heavy atom. The fourth-order valence-electron chi connectivity index (χ4n) is 4.92. The number of hydrogen-bond acceptors (Lipinski definition) is 2. The van der Waals surface area contributed by atoms with Crippen molar-refractivity contribution in [2.75, 3.05) is 5.73 Å². The Balaban J connectivity index is 1.74. The third kappa shape index (κ3) is 1.74. The molecule has 1 unspecified atom stereocenters. The summed E-state index contributed by atoms with van der Waals surface area (Å²) in [6.07, 6.45) is 6.66. The lowest BCUT2D eigenvalue weighted by Crippen LogP contribution is -2.59. The van der Waals surface area contributed by atoms with E-state index in [1.165, 1.54) is 26.3 Å². The highest BCUT2D eigenvalue weighted by Crippen LogP contribution is 2.40. The summed E-state index contributed by atoms with van der Waals surface area (Å²) >= 11 is 0. The van der Waals surface area contributed by atoms with Gasteiger partial charge in [0, 0.05) is 16.9 Å². The summed E-state index contributed by atoms with van der Waals surface area (Å²) < 4.78 is 0. The SMILES string of the molecule is NC1=C2C=CC(=C1)[Si]21c2ccc(cc2)-c2ccc(c(N)c2)-c2ccc1cc2. The Morgan fingerprint density at radius 1 is 0.630 bits per heavy atom. The van der Waals surface area contributed by atoms with Gasteiger partial charge in [0.2, 0.25) is 0 Å². The molecule has 7 heterocycles. The zero-order valence-corrected chi connectivity index (χ0v) is 15.7. The van der Waals surface area contributed by atoms with Crippen LogP contribution in [-0.2, 0) is 0 Å². The van der Waals surface area contributed by atoms with Crippen molar-refractivity contribution >= 4 is 24.1 Å². The van der Waals surface area contributed by atoms with E-state index in [-0.39, 0.29) is 0 Å². The largest absolute Gasteiger partial charge is 0.399 e. The van der Waals surface area contributed by atoms with Crippen LogP contribution < -0.4 is 21.8 Å². The van der Waals surface area contributed by atoms with Crippen LogP contribution in [0.4, 0.5) is 5.69 Å². The molecule has 0 saturated carbocycles. The van der Waals surface area contributed by atoms with E-state index in [1.54, 1.807) is 0 Å². The number of hydrogen-bond donors (Lipinski definition) is 2. The van der Waals surface area contributed by atoms with Crippen LogP contribution in [0.25, 0.3) is 22.3 Å². The minimum atomic E-state index is -2.22. The van der Waals surface area contributed by atoms with Gasteiger partial charge in [-0.1, -0.05) is 72.8 Å². The van der Waals surface area contributed by atoms with Crippen molar-refractivity contribution in [2.45, 2.75) is 0 Å². The Labute approximate surface area is 159 Å². The first-order valence-corrected chi connectivity index (χ1v) is 11.2. The Hall–Kier alpha value is -3.30. The van der Waals surface area contributed by atoms with Crippen molar-refractivity contribution in [3.05, 3.63) is 101 Å². The van der Waals surface area contributed by atoms with Gasteiger partial charge in [0.25, 0.3) is 0 Å². The van der Waals surface area contributed by atoms with Crippen LogP contribution in [0.3, 0.4) is 0 Å². The zero-order valence-electron chi connectivity index (χ0n) is 14.7. The summed E-state index contributed by atoms with van der Waals surface area (Å²) in [7, 11) is -2.22. The molecule has 7 aliphatic rings. The van der Waals surface area contributed by atoms with Crippen LogP contribution in [0.2, 0.25) is 0 Å². The topological polar surface area (TPSA) is 52.0 Å². The van der Waals surface area contributed by atoms with Crippen molar-refractivity contribution in [3.63, 3.8) is 0 Å². The van der Waals surface area contributed by atoms with E-state index in [4.69, 9.17) is 11.5 Å². The van der Waals surface area contributed by atoms with Gasteiger partial charge in [-0.3, -0.25) is 0 Å². The summed E-state index contributed by atoms with van der Waals surface area (Å²) in [6, 6.07) is 24.3. The second-order valence-electron chi connectivity index (χ2n) is 7.51. The molecular weight excluding hydrogens is 344 g/mol. The Morgan fingerprint density at radius 3 is 1.81 bits per heavy atom. The number of benzene rings is 3. The van der Waals surface area contributed by atoms with Gasteiger partial charge in [-0.15, -0.1) is 0 Å². The molecule has 0 fully saturated rings. The normalized spacial score (nSPS) is 21.0. The lowest BCUT2D eigenvalue weighted by molar-refractivity contribution is 1.41. The quantitative estimate of drug-likeness (QED) is 0.476. The van der Waals surface area contributed by atoms with Gasteiger partial charge in [0.05, 0.1) is 0 Å². The van der Waals surface area contributed by atoms with Crippen molar-refractivity contribution in [1.29, 1.82) is 0 Å². The van der Waals surface area contributed by atoms with E-state index in [0.717, 1.165) is 28.1 Å². The van der Waals surface area contributed by atoms with Gasteiger partial charge in [-0.25, -0.2) is 0 Å². The predicted molar refractivity (Wildman–Crippen MR) is 115 cm³/mol. The minimum Gasteiger partial charge on any atom is -0.399 e. The molecular formula is C24H18N2Si. The van der Waals surface area contributed by atoms with Gasteiger partial charge < -0.3 is 11.5 Å². The van der Waals surface area contributed by atoms with E-state index in [1.807, 2.05) is 0 Å². The molecule has 27 heavy (non-hydrogen) atoms. The highest BCUT2D eigenvalue weighted by Gasteiger charge is 2.49. The fourth-order valence-corrected chi connectivity index (χ4v) is 9.73. The molecule has 8 bridgehead atoms. The molecule has 1 spiro atoms. The standard InChI is InChI=1S/C24H18N2Si/c25-22-13-17-5-11-21(22)16-3-8-19(9-4-16)27(18-6-1-15(17)2-7-18)20-10-12-24(27)23(26)14-20/h1-14H,25-26H2. The highest BCUT2D eigenvalue weighted by atomic mass is 28.3. The van der Waals surface area contributed by atoms with E-state index < -0.39 is 8.07 Å². The van der Waals surface area contributed by atoms with Gasteiger partial charge in [0.1, 0.15) is 0 Å². The van der Waals surface area contributed by atoms with Crippen LogP contribution in [-0.4, -0.2) is 8.07 Å². The molecule has 4 N–H and O–H groups in total.